The van der Waals surface area contributed by atoms with Crippen LogP contribution in [0.15, 0.2) is 48.5 Å². The molecular formula is C21H24N4O6. The SMILES string of the molecule is CCCCC(=O)NCCCN(C(=O)c1cc([N+](=O)[O-])cc([N+](=O)[O-])c1)c1ccccc1. The van der Waals surface area contributed by atoms with Crippen molar-refractivity contribution >= 4 is 28.9 Å². The van der Waals surface area contributed by atoms with E-state index in [0.717, 1.165) is 31.0 Å². The van der Waals surface area contributed by atoms with Gasteiger partial charge in [0.15, 0.2) is 0 Å². The second-order valence-corrected chi connectivity index (χ2v) is 6.85. The van der Waals surface area contributed by atoms with Crippen molar-refractivity contribution in [3.05, 3.63) is 74.3 Å². The molecule has 0 unspecified atom stereocenters. The highest BCUT2D eigenvalue weighted by molar-refractivity contribution is 6.06. The van der Waals surface area contributed by atoms with E-state index in [9.17, 15) is 29.8 Å². The summed E-state index contributed by atoms with van der Waals surface area (Å²) in [5.74, 6) is -0.663. The van der Waals surface area contributed by atoms with Gasteiger partial charge in [-0.05, 0) is 25.0 Å². The van der Waals surface area contributed by atoms with Crippen molar-refractivity contribution < 1.29 is 19.4 Å². The number of nitrogens with one attached hydrogen (secondary N) is 1. The van der Waals surface area contributed by atoms with Crippen LogP contribution in [0.3, 0.4) is 0 Å². The minimum absolute atomic E-state index is 0.0613. The molecule has 31 heavy (non-hydrogen) atoms. The van der Waals surface area contributed by atoms with Gasteiger partial charge in [-0.3, -0.25) is 29.8 Å². The molecule has 10 nitrogen and oxygen atoms in total. The van der Waals surface area contributed by atoms with Crippen LogP contribution in [0.5, 0.6) is 0 Å². The van der Waals surface area contributed by atoms with Crippen molar-refractivity contribution in [2.24, 2.45) is 0 Å². The number of hydrogen-bond acceptors (Lipinski definition) is 6. The number of nitrogens with zero attached hydrogens (tertiary/aromatic N) is 3. The Bertz CT molecular complexity index is 916. The van der Waals surface area contributed by atoms with Crippen LogP contribution in [0.4, 0.5) is 17.1 Å². The maximum Gasteiger partial charge on any atom is 0.277 e. The van der Waals surface area contributed by atoms with Gasteiger partial charge >= 0.3 is 0 Å². The molecule has 0 heterocycles. The largest absolute Gasteiger partial charge is 0.356 e. The minimum Gasteiger partial charge on any atom is -0.356 e. The number of non-ortho nitro benzene ring substituents is 2. The van der Waals surface area contributed by atoms with Gasteiger partial charge in [-0.1, -0.05) is 31.5 Å². The van der Waals surface area contributed by atoms with Crippen LogP contribution >= 0.6 is 0 Å². The Hall–Kier alpha value is -3.82. The first-order valence-corrected chi connectivity index (χ1v) is 9.91. The number of anilines is 1. The molecule has 0 aliphatic carbocycles. The number of rotatable bonds is 11. The fourth-order valence-electron chi connectivity index (χ4n) is 2.93. The second kappa shape index (κ2) is 11.4. The molecule has 0 saturated heterocycles. The Morgan fingerprint density at radius 3 is 2.13 bits per heavy atom. The van der Waals surface area contributed by atoms with E-state index in [1.54, 1.807) is 30.3 Å². The number of benzene rings is 2. The van der Waals surface area contributed by atoms with Crippen LogP contribution in [0, 0.1) is 20.2 Å². The minimum atomic E-state index is -0.775. The van der Waals surface area contributed by atoms with E-state index in [4.69, 9.17) is 0 Å². The lowest BCUT2D eigenvalue weighted by atomic mass is 10.1. The number of para-hydroxylation sites is 1. The number of carbonyl (C=O) groups excluding carboxylic acids is 2. The van der Waals surface area contributed by atoms with Gasteiger partial charge in [-0.2, -0.15) is 0 Å². The van der Waals surface area contributed by atoms with Crippen molar-refractivity contribution in [1.82, 2.24) is 5.32 Å². The van der Waals surface area contributed by atoms with Crippen LogP contribution in [0.25, 0.3) is 0 Å². The number of unbranched alkanes of at least 4 members (excludes halogenated alkanes) is 1. The number of carbonyl (C=O) groups is 2. The van der Waals surface area contributed by atoms with E-state index in [1.165, 1.54) is 4.90 Å². The average molecular weight is 428 g/mol. The third kappa shape index (κ3) is 6.88. The third-order valence-electron chi connectivity index (χ3n) is 4.52. The van der Waals surface area contributed by atoms with E-state index < -0.39 is 27.1 Å². The molecule has 0 bridgehead atoms. The van der Waals surface area contributed by atoms with Crippen molar-refractivity contribution in [3.8, 4) is 0 Å². The van der Waals surface area contributed by atoms with Crippen molar-refractivity contribution in [3.63, 3.8) is 0 Å². The van der Waals surface area contributed by atoms with E-state index in [1.807, 2.05) is 6.92 Å². The summed E-state index contributed by atoms with van der Waals surface area (Å²) in [4.78, 5) is 47.1. The second-order valence-electron chi connectivity index (χ2n) is 6.85. The molecular weight excluding hydrogens is 404 g/mol. The summed E-state index contributed by atoms with van der Waals surface area (Å²) in [6.45, 7) is 2.57. The van der Waals surface area contributed by atoms with Crippen LogP contribution in [0.1, 0.15) is 43.0 Å². The molecule has 1 N–H and O–H groups in total. The quantitative estimate of drug-likeness (QED) is 0.328. The van der Waals surface area contributed by atoms with Gasteiger partial charge in [0.1, 0.15) is 0 Å². The average Bonchev–Trinajstić information content (AvgIpc) is 2.77. The highest BCUT2D eigenvalue weighted by atomic mass is 16.6. The Morgan fingerprint density at radius 2 is 1.58 bits per heavy atom. The first kappa shape index (κ1) is 23.5. The molecule has 0 atom stereocenters. The van der Waals surface area contributed by atoms with Gasteiger partial charge in [-0.25, -0.2) is 0 Å². The molecule has 0 aliphatic heterocycles. The Balaban J connectivity index is 2.23. The molecule has 0 aliphatic rings. The monoisotopic (exact) mass is 428 g/mol. The zero-order valence-corrected chi connectivity index (χ0v) is 17.2. The lowest BCUT2D eigenvalue weighted by molar-refractivity contribution is -0.394. The van der Waals surface area contributed by atoms with Gasteiger partial charge < -0.3 is 10.2 Å². The molecule has 2 aromatic rings. The summed E-state index contributed by atoms with van der Waals surface area (Å²) in [6, 6.07) is 11.5. The first-order chi connectivity index (χ1) is 14.8. The van der Waals surface area contributed by atoms with E-state index in [-0.39, 0.29) is 18.0 Å². The fraction of sp³-hybridized carbons (Fsp3) is 0.333. The predicted molar refractivity (Wildman–Crippen MR) is 115 cm³/mol. The molecule has 0 fully saturated rings. The lowest BCUT2D eigenvalue weighted by Crippen LogP contribution is -2.34. The van der Waals surface area contributed by atoms with Gasteiger partial charge in [0, 0.05) is 37.3 Å². The van der Waals surface area contributed by atoms with Gasteiger partial charge in [0.25, 0.3) is 17.3 Å². The Kier molecular flexibility index (Phi) is 8.62. The number of nitro benzene ring substituents is 2. The fourth-order valence-corrected chi connectivity index (χ4v) is 2.93. The summed E-state index contributed by atoms with van der Waals surface area (Å²) in [7, 11) is 0. The summed E-state index contributed by atoms with van der Waals surface area (Å²) in [5.41, 5.74) is -0.682. The maximum absolute atomic E-state index is 13.2. The number of amides is 2. The van der Waals surface area contributed by atoms with Crippen molar-refractivity contribution in [1.29, 1.82) is 0 Å². The molecule has 0 radical (unpaired) electrons. The zero-order chi connectivity index (χ0) is 22.8. The maximum atomic E-state index is 13.2. The summed E-state index contributed by atoms with van der Waals surface area (Å²) in [5, 5.41) is 25.1. The highest BCUT2D eigenvalue weighted by Gasteiger charge is 2.24. The first-order valence-electron chi connectivity index (χ1n) is 9.91. The third-order valence-corrected chi connectivity index (χ3v) is 4.52. The summed E-state index contributed by atoms with van der Waals surface area (Å²) in [6.07, 6.45) is 2.59. The van der Waals surface area contributed by atoms with Crippen molar-refractivity contribution in [2.75, 3.05) is 18.0 Å². The molecule has 0 spiro atoms. The molecule has 2 amide bonds. The molecule has 0 saturated carbocycles. The molecule has 2 rings (SSSR count). The van der Waals surface area contributed by atoms with Crippen LogP contribution in [-0.4, -0.2) is 34.8 Å². The normalized spacial score (nSPS) is 10.4. The summed E-state index contributed by atoms with van der Waals surface area (Å²) >= 11 is 0. The highest BCUT2D eigenvalue weighted by Crippen LogP contribution is 2.25. The van der Waals surface area contributed by atoms with E-state index >= 15 is 0 Å². The van der Waals surface area contributed by atoms with Crippen LogP contribution < -0.4 is 10.2 Å². The van der Waals surface area contributed by atoms with Crippen LogP contribution in [-0.2, 0) is 4.79 Å². The smallest absolute Gasteiger partial charge is 0.277 e. The standard InChI is InChI=1S/C21H24N4O6/c1-2-3-10-20(26)22-11-7-12-23(17-8-5-4-6-9-17)21(27)16-13-18(24(28)29)15-19(14-16)25(30)31/h4-6,8-9,13-15H,2-3,7,10-12H2,1H3,(H,22,26). The van der Waals surface area contributed by atoms with Gasteiger partial charge in [0.05, 0.1) is 21.5 Å². The molecule has 2 aromatic carbocycles. The predicted octanol–water partition coefficient (Wildman–Crippen LogP) is 3.85. The van der Waals surface area contributed by atoms with Crippen molar-refractivity contribution in [2.45, 2.75) is 32.6 Å². The molecule has 164 valence electrons. The zero-order valence-electron chi connectivity index (χ0n) is 17.2. The Morgan fingerprint density at radius 1 is 0.968 bits per heavy atom. The molecule has 0 aromatic heterocycles. The summed E-state index contributed by atoms with van der Waals surface area (Å²) < 4.78 is 0. The number of hydrogen-bond donors (Lipinski definition) is 1. The van der Waals surface area contributed by atoms with E-state index in [0.29, 0.717) is 25.1 Å². The lowest BCUT2D eigenvalue weighted by Gasteiger charge is -2.23. The van der Waals surface area contributed by atoms with E-state index in [2.05, 4.69) is 5.32 Å². The van der Waals surface area contributed by atoms with Gasteiger partial charge in [-0.15, -0.1) is 0 Å². The molecule has 10 heteroatoms. The van der Waals surface area contributed by atoms with Gasteiger partial charge in [0.2, 0.25) is 5.91 Å². The topological polar surface area (TPSA) is 136 Å². The van der Waals surface area contributed by atoms with Crippen LogP contribution in [0.2, 0.25) is 0 Å². The number of nitro groups is 2. The Labute approximate surface area is 179 Å².